The van der Waals surface area contributed by atoms with Crippen LogP contribution in [-0.2, 0) is 4.79 Å². The summed E-state index contributed by atoms with van der Waals surface area (Å²) < 4.78 is 0.550. The maximum atomic E-state index is 10.0. The van der Waals surface area contributed by atoms with Crippen LogP contribution in [0.1, 0.15) is 9.27 Å². The fourth-order valence-electron chi connectivity index (χ4n) is 0.889. The molecule has 0 aliphatic heterocycles. The predicted octanol–water partition coefficient (Wildman–Crippen LogP) is -1.96. The summed E-state index contributed by atoms with van der Waals surface area (Å²) in [6.07, 6.45) is -1.09. The van der Waals surface area contributed by atoms with Crippen LogP contribution in [-0.4, -0.2) is 72.4 Å². The summed E-state index contributed by atoms with van der Waals surface area (Å²) in [5.41, 5.74) is 0. The van der Waals surface area contributed by atoms with Gasteiger partial charge in [0.25, 0.3) is 0 Å². The van der Waals surface area contributed by atoms with E-state index in [1.807, 2.05) is 21.1 Å². The van der Waals surface area contributed by atoms with E-state index in [1.165, 1.54) is 0 Å². The number of carbonyl (C=O) groups is 1. The number of nitrogens with zero attached hydrogens (tertiary/aromatic N) is 1. The molecule has 1 N–H and O–H groups in total. The van der Waals surface area contributed by atoms with Crippen LogP contribution in [0.15, 0.2) is 0 Å². The average molecular weight is 188 g/mol. The van der Waals surface area contributed by atoms with Crippen LogP contribution in [0.25, 0.3) is 0 Å². The number of hydrogen-bond donors (Lipinski definition) is 1. The third-order valence-electron chi connectivity index (χ3n) is 1.16. The Morgan fingerprint density at radius 2 is 2.00 bits per heavy atom. The van der Waals surface area contributed by atoms with E-state index >= 15 is 0 Å². The smallest absolute Gasteiger partial charge is 1.00 e. The van der Waals surface area contributed by atoms with Gasteiger partial charge >= 0.3 is 23.1 Å². The molecule has 70 valence electrons. The molecule has 0 saturated heterocycles. The SMILES string of the molecule is C[N+](C)(C)CC(O)CC(=O)[O-].[H-].[H-].[Mg+2]. The van der Waals surface area contributed by atoms with Crippen molar-refractivity contribution >= 4 is 29.0 Å². The number of hydrogen-bond acceptors (Lipinski definition) is 3. The van der Waals surface area contributed by atoms with Crippen molar-refractivity contribution in [1.82, 2.24) is 0 Å². The maximum absolute atomic E-state index is 10.0. The summed E-state index contributed by atoms with van der Waals surface area (Å²) in [5.74, 6) is -1.20. The molecule has 5 heteroatoms. The number of carboxylic acid groups (broad SMARTS) is 1. The minimum atomic E-state index is -1.20. The standard InChI is InChI=1S/C7H15NO3.Mg.2H/c1-8(2,3)5-6(9)4-7(10)11;;;/h6,9H,4-5H2,1-3H3;;;/q;+2;2*-1. The molecule has 12 heavy (non-hydrogen) atoms. The number of aliphatic hydroxyl groups is 1. The van der Waals surface area contributed by atoms with Gasteiger partial charge in [-0.1, -0.05) is 0 Å². The van der Waals surface area contributed by atoms with E-state index in [0.717, 1.165) is 0 Å². The zero-order chi connectivity index (χ0) is 9.07. The number of likely N-dealkylation sites (N-methyl/N-ethyl adjacent to an activating group) is 1. The summed E-state index contributed by atoms with van der Waals surface area (Å²) in [7, 11) is 5.66. The summed E-state index contributed by atoms with van der Waals surface area (Å²) in [6, 6.07) is 0. The molecule has 0 aliphatic rings. The Morgan fingerprint density at radius 3 is 2.25 bits per heavy atom. The Morgan fingerprint density at radius 1 is 1.58 bits per heavy atom. The number of carbonyl (C=O) groups excluding carboxylic acids is 1. The van der Waals surface area contributed by atoms with Crippen LogP contribution in [0.2, 0.25) is 0 Å². The van der Waals surface area contributed by atoms with Crippen molar-refractivity contribution < 1.29 is 22.3 Å². The molecular formula is C7H17MgNO3. The van der Waals surface area contributed by atoms with Gasteiger partial charge in [0.15, 0.2) is 0 Å². The van der Waals surface area contributed by atoms with Gasteiger partial charge in [0.2, 0.25) is 0 Å². The van der Waals surface area contributed by atoms with Crippen molar-refractivity contribution in [1.29, 1.82) is 0 Å². The normalized spacial score (nSPS) is 13.3. The van der Waals surface area contributed by atoms with Gasteiger partial charge in [0.1, 0.15) is 12.6 Å². The molecule has 0 saturated carbocycles. The second kappa shape index (κ2) is 5.74. The Labute approximate surface area is 91.9 Å². The molecule has 0 aromatic rings. The first kappa shape index (κ1) is 14.7. The molecule has 0 rings (SSSR count). The van der Waals surface area contributed by atoms with E-state index in [9.17, 15) is 9.90 Å². The molecule has 0 aliphatic carbocycles. The van der Waals surface area contributed by atoms with Crippen LogP contribution >= 0.6 is 0 Å². The molecule has 1 atom stereocenters. The van der Waals surface area contributed by atoms with Gasteiger partial charge in [-0.05, 0) is 0 Å². The van der Waals surface area contributed by atoms with Gasteiger partial charge in [0, 0.05) is 12.4 Å². The van der Waals surface area contributed by atoms with Gasteiger partial charge in [-0.2, -0.15) is 0 Å². The van der Waals surface area contributed by atoms with Crippen molar-refractivity contribution in [3.63, 3.8) is 0 Å². The molecule has 0 aromatic heterocycles. The summed E-state index contributed by atoms with van der Waals surface area (Å²) >= 11 is 0. The van der Waals surface area contributed by atoms with Crippen molar-refractivity contribution in [2.24, 2.45) is 0 Å². The van der Waals surface area contributed by atoms with E-state index in [0.29, 0.717) is 11.0 Å². The Bertz CT molecular complexity index is 152. The molecular weight excluding hydrogens is 170 g/mol. The average Bonchev–Trinajstić information content (AvgIpc) is 1.53. The van der Waals surface area contributed by atoms with E-state index in [4.69, 9.17) is 5.11 Å². The van der Waals surface area contributed by atoms with Gasteiger partial charge < -0.3 is 22.3 Å². The summed E-state index contributed by atoms with van der Waals surface area (Å²) in [5, 5.41) is 19.1. The van der Waals surface area contributed by atoms with Crippen molar-refractivity contribution in [2.75, 3.05) is 27.7 Å². The quantitative estimate of drug-likeness (QED) is 0.411. The van der Waals surface area contributed by atoms with Gasteiger partial charge in [-0.25, -0.2) is 0 Å². The predicted molar refractivity (Wildman–Crippen MR) is 46.5 cm³/mol. The molecule has 0 bridgehead atoms. The van der Waals surface area contributed by atoms with E-state index in [-0.39, 0.29) is 32.3 Å². The minimum absolute atomic E-state index is 0. The Balaban J connectivity index is -0.000000167. The Kier molecular flexibility index (Phi) is 7.02. The number of aliphatic carboxylic acids is 1. The van der Waals surface area contributed by atoms with E-state index in [2.05, 4.69) is 0 Å². The van der Waals surface area contributed by atoms with Crippen LogP contribution < -0.4 is 5.11 Å². The molecule has 1 unspecified atom stereocenters. The Hall–Kier alpha value is 0.156. The van der Waals surface area contributed by atoms with E-state index in [1.54, 1.807) is 0 Å². The largest absolute Gasteiger partial charge is 2.00 e. The van der Waals surface area contributed by atoms with Gasteiger partial charge in [-0.15, -0.1) is 0 Å². The molecule has 0 spiro atoms. The van der Waals surface area contributed by atoms with Gasteiger partial charge in [-0.3, -0.25) is 0 Å². The molecule has 0 fully saturated rings. The number of carboxylic acids is 1. The number of rotatable bonds is 4. The van der Waals surface area contributed by atoms with Crippen molar-refractivity contribution in [3.05, 3.63) is 0 Å². The minimum Gasteiger partial charge on any atom is -1.00 e. The zero-order valence-electron chi connectivity index (χ0n) is 9.91. The molecule has 0 aromatic carbocycles. The monoisotopic (exact) mass is 187 g/mol. The second-order valence-electron chi connectivity index (χ2n) is 3.70. The van der Waals surface area contributed by atoms with E-state index < -0.39 is 12.1 Å². The summed E-state index contributed by atoms with van der Waals surface area (Å²) in [4.78, 5) is 10.0. The zero-order valence-corrected chi connectivity index (χ0v) is 9.32. The number of aliphatic hydroxyl groups excluding tert-OH is 1. The fraction of sp³-hybridized carbons (Fsp3) is 0.857. The van der Waals surface area contributed by atoms with Crippen LogP contribution in [0, 0.1) is 0 Å². The second-order valence-corrected chi connectivity index (χ2v) is 3.70. The van der Waals surface area contributed by atoms with Gasteiger partial charge in [0.05, 0.1) is 21.1 Å². The number of quaternary nitrogens is 1. The first-order valence-corrected chi connectivity index (χ1v) is 3.49. The third-order valence-corrected chi connectivity index (χ3v) is 1.16. The van der Waals surface area contributed by atoms with Crippen molar-refractivity contribution in [3.8, 4) is 0 Å². The molecule has 0 heterocycles. The fourth-order valence-corrected chi connectivity index (χ4v) is 0.889. The van der Waals surface area contributed by atoms with Crippen LogP contribution in [0.5, 0.6) is 0 Å². The third kappa shape index (κ3) is 10.2. The topological polar surface area (TPSA) is 60.4 Å². The maximum Gasteiger partial charge on any atom is 2.00 e. The van der Waals surface area contributed by atoms with Crippen LogP contribution in [0.3, 0.4) is 0 Å². The first-order valence-electron chi connectivity index (χ1n) is 3.49. The van der Waals surface area contributed by atoms with Crippen LogP contribution in [0.4, 0.5) is 0 Å². The molecule has 0 amide bonds. The summed E-state index contributed by atoms with van der Waals surface area (Å²) in [6.45, 7) is 0.425. The first-order chi connectivity index (χ1) is 4.81. The molecule has 4 nitrogen and oxygen atoms in total. The molecule has 0 radical (unpaired) electrons. The van der Waals surface area contributed by atoms with Crippen molar-refractivity contribution in [2.45, 2.75) is 12.5 Å².